The SMILES string of the molecule is COCCCNc1ccc(C(=O)O)cc1S(=O)(=O)Nc1ccccc1. The van der Waals surface area contributed by atoms with E-state index in [1.54, 1.807) is 37.4 Å². The van der Waals surface area contributed by atoms with Gasteiger partial charge >= 0.3 is 5.97 Å². The van der Waals surface area contributed by atoms with Gasteiger partial charge in [0.15, 0.2) is 0 Å². The number of ether oxygens (including phenoxy) is 1. The Morgan fingerprint density at radius 1 is 1.16 bits per heavy atom. The topological polar surface area (TPSA) is 105 Å². The summed E-state index contributed by atoms with van der Waals surface area (Å²) in [4.78, 5) is 11.1. The molecule has 0 aliphatic rings. The number of anilines is 2. The smallest absolute Gasteiger partial charge is 0.335 e. The zero-order valence-corrected chi connectivity index (χ0v) is 14.5. The molecule has 0 aliphatic heterocycles. The van der Waals surface area contributed by atoms with E-state index in [4.69, 9.17) is 9.84 Å². The fraction of sp³-hybridized carbons (Fsp3) is 0.235. The summed E-state index contributed by atoms with van der Waals surface area (Å²) in [5.41, 5.74) is 0.633. The average Bonchev–Trinajstić information content (AvgIpc) is 2.59. The Morgan fingerprint density at radius 2 is 1.88 bits per heavy atom. The van der Waals surface area contributed by atoms with Crippen molar-refractivity contribution in [1.82, 2.24) is 0 Å². The van der Waals surface area contributed by atoms with E-state index in [1.807, 2.05) is 0 Å². The third-order valence-corrected chi connectivity index (χ3v) is 4.81. The van der Waals surface area contributed by atoms with Crippen LogP contribution in [-0.4, -0.2) is 39.8 Å². The first-order chi connectivity index (χ1) is 11.9. The molecule has 0 unspecified atom stereocenters. The van der Waals surface area contributed by atoms with Crippen LogP contribution in [0.1, 0.15) is 16.8 Å². The molecule has 0 aliphatic carbocycles. The Hall–Kier alpha value is -2.58. The van der Waals surface area contributed by atoms with Crippen LogP contribution in [0.25, 0.3) is 0 Å². The molecule has 0 saturated heterocycles. The summed E-state index contributed by atoms with van der Waals surface area (Å²) in [6, 6.07) is 12.4. The largest absolute Gasteiger partial charge is 0.478 e. The van der Waals surface area contributed by atoms with Gasteiger partial charge in [0.05, 0.1) is 11.3 Å². The van der Waals surface area contributed by atoms with Gasteiger partial charge in [0, 0.05) is 25.9 Å². The predicted molar refractivity (Wildman–Crippen MR) is 95.6 cm³/mol. The Labute approximate surface area is 146 Å². The normalized spacial score (nSPS) is 11.1. The number of rotatable bonds is 9. The molecule has 0 radical (unpaired) electrons. The first kappa shape index (κ1) is 18.8. The summed E-state index contributed by atoms with van der Waals surface area (Å²) in [5, 5.41) is 12.2. The number of hydrogen-bond donors (Lipinski definition) is 3. The molecular formula is C17H20N2O5S. The van der Waals surface area contributed by atoms with Crippen LogP contribution in [0.2, 0.25) is 0 Å². The van der Waals surface area contributed by atoms with E-state index in [-0.39, 0.29) is 10.5 Å². The van der Waals surface area contributed by atoms with E-state index in [9.17, 15) is 13.2 Å². The molecule has 0 atom stereocenters. The van der Waals surface area contributed by atoms with Crippen molar-refractivity contribution in [3.05, 3.63) is 54.1 Å². The molecule has 134 valence electrons. The highest BCUT2D eigenvalue weighted by Crippen LogP contribution is 2.25. The zero-order valence-electron chi connectivity index (χ0n) is 13.7. The van der Waals surface area contributed by atoms with E-state index in [2.05, 4.69) is 10.0 Å². The molecule has 0 fully saturated rings. The molecule has 3 N–H and O–H groups in total. The van der Waals surface area contributed by atoms with Gasteiger partial charge in [0.25, 0.3) is 10.0 Å². The lowest BCUT2D eigenvalue weighted by molar-refractivity contribution is 0.0696. The van der Waals surface area contributed by atoms with Gasteiger partial charge in [-0.2, -0.15) is 0 Å². The number of carbonyl (C=O) groups is 1. The van der Waals surface area contributed by atoms with Gasteiger partial charge < -0.3 is 15.2 Å². The van der Waals surface area contributed by atoms with E-state index in [0.717, 1.165) is 6.07 Å². The molecule has 2 aromatic rings. The van der Waals surface area contributed by atoms with Crippen molar-refractivity contribution in [2.75, 3.05) is 30.3 Å². The van der Waals surface area contributed by atoms with Gasteiger partial charge in [-0.25, -0.2) is 13.2 Å². The molecular weight excluding hydrogens is 344 g/mol. The summed E-state index contributed by atoms with van der Waals surface area (Å²) in [5.74, 6) is -1.19. The minimum absolute atomic E-state index is 0.101. The lowest BCUT2D eigenvalue weighted by atomic mass is 10.2. The van der Waals surface area contributed by atoms with Gasteiger partial charge in [-0.05, 0) is 36.8 Å². The van der Waals surface area contributed by atoms with Crippen LogP contribution in [0.3, 0.4) is 0 Å². The first-order valence-corrected chi connectivity index (χ1v) is 9.10. The molecule has 0 aromatic heterocycles. The fourth-order valence-electron chi connectivity index (χ4n) is 2.18. The third kappa shape index (κ3) is 5.20. The molecule has 0 spiro atoms. The highest BCUT2D eigenvalue weighted by Gasteiger charge is 2.21. The molecule has 8 heteroatoms. The van der Waals surface area contributed by atoms with Crippen LogP contribution in [0.15, 0.2) is 53.4 Å². The van der Waals surface area contributed by atoms with E-state index < -0.39 is 16.0 Å². The average molecular weight is 364 g/mol. The van der Waals surface area contributed by atoms with Gasteiger partial charge in [0.2, 0.25) is 0 Å². The van der Waals surface area contributed by atoms with Gasteiger partial charge in [-0.3, -0.25) is 4.72 Å². The lowest BCUT2D eigenvalue weighted by Crippen LogP contribution is -2.17. The molecule has 0 amide bonds. The molecule has 2 aromatic carbocycles. The summed E-state index contributed by atoms with van der Waals surface area (Å²) in [7, 11) is -2.37. The van der Waals surface area contributed by atoms with Crippen molar-refractivity contribution in [1.29, 1.82) is 0 Å². The summed E-state index contributed by atoms with van der Waals surface area (Å²) >= 11 is 0. The van der Waals surface area contributed by atoms with Crippen molar-refractivity contribution < 1.29 is 23.1 Å². The number of para-hydroxylation sites is 1. The number of carboxylic acid groups (broad SMARTS) is 1. The van der Waals surface area contributed by atoms with Crippen molar-refractivity contribution in [2.45, 2.75) is 11.3 Å². The minimum Gasteiger partial charge on any atom is -0.478 e. The molecule has 0 bridgehead atoms. The van der Waals surface area contributed by atoms with Gasteiger partial charge in [-0.15, -0.1) is 0 Å². The second kappa shape index (κ2) is 8.50. The molecule has 25 heavy (non-hydrogen) atoms. The quantitative estimate of drug-likeness (QED) is 0.591. The maximum Gasteiger partial charge on any atom is 0.335 e. The Kier molecular flexibility index (Phi) is 6.37. The summed E-state index contributed by atoms with van der Waals surface area (Å²) < 4.78 is 32.9. The number of methoxy groups -OCH3 is 1. The van der Waals surface area contributed by atoms with Gasteiger partial charge in [0.1, 0.15) is 4.90 Å². The van der Waals surface area contributed by atoms with E-state index in [0.29, 0.717) is 30.9 Å². The summed E-state index contributed by atoms with van der Waals surface area (Å²) in [6.45, 7) is 1.03. The van der Waals surface area contributed by atoms with Crippen LogP contribution in [0.5, 0.6) is 0 Å². The standard InChI is InChI=1S/C17H20N2O5S/c1-24-11-5-10-18-15-9-8-13(17(20)21)12-16(15)25(22,23)19-14-6-3-2-4-7-14/h2-4,6-9,12,18-19H,5,10-11H2,1H3,(H,20,21). The number of carboxylic acids is 1. The van der Waals surface area contributed by atoms with Crippen LogP contribution in [0, 0.1) is 0 Å². The zero-order chi connectivity index (χ0) is 18.3. The van der Waals surface area contributed by atoms with E-state index in [1.165, 1.54) is 12.1 Å². The number of sulfonamides is 1. The number of benzene rings is 2. The van der Waals surface area contributed by atoms with Crippen molar-refractivity contribution in [2.24, 2.45) is 0 Å². The van der Waals surface area contributed by atoms with Crippen LogP contribution in [0.4, 0.5) is 11.4 Å². The molecule has 2 rings (SSSR count). The highest BCUT2D eigenvalue weighted by atomic mass is 32.2. The predicted octanol–water partition coefficient (Wildman–Crippen LogP) is 2.63. The van der Waals surface area contributed by atoms with Crippen molar-refractivity contribution >= 4 is 27.4 Å². The highest BCUT2D eigenvalue weighted by molar-refractivity contribution is 7.92. The van der Waals surface area contributed by atoms with Crippen molar-refractivity contribution in [3.63, 3.8) is 0 Å². The Balaban J connectivity index is 2.34. The van der Waals surface area contributed by atoms with Gasteiger partial charge in [-0.1, -0.05) is 18.2 Å². The monoisotopic (exact) mass is 364 g/mol. The second-order valence-corrected chi connectivity index (χ2v) is 6.91. The van der Waals surface area contributed by atoms with Crippen LogP contribution < -0.4 is 10.0 Å². The maximum atomic E-state index is 12.7. The van der Waals surface area contributed by atoms with Crippen molar-refractivity contribution in [3.8, 4) is 0 Å². The number of hydrogen-bond acceptors (Lipinski definition) is 5. The van der Waals surface area contributed by atoms with E-state index >= 15 is 0 Å². The fourth-order valence-corrected chi connectivity index (χ4v) is 3.45. The molecule has 0 heterocycles. The maximum absolute atomic E-state index is 12.7. The molecule has 7 nitrogen and oxygen atoms in total. The second-order valence-electron chi connectivity index (χ2n) is 5.26. The lowest BCUT2D eigenvalue weighted by Gasteiger charge is -2.14. The van der Waals surface area contributed by atoms with Crippen LogP contribution >= 0.6 is 0 Å². The Morgan fingerprint density at radius 3 is 2.52 bits per heavy atom. The Bertz CT molecular complexity index is 822. The number of nitrogens with one attached hydrogen (secondary N) is 2. The van der Waals surface area contributed by atoms with Crippen LogP contribution in [-0.2, 0) is 14.8 Å². The third-order valence-electron chi connectivity index (χ3n) is 3.38. The first-order valence-electron chi connectivity index (χ1n) is 7.62. The summed E-state index contributed by atoms with van der Waals surface area (Å²) in [6.07, 6.45) is 0.683. The number of aromatic carboxylic acids is 1. The minimum atomic E-state index is -3.95. The molecule has 0 saturated carbocycles.